The second-order valence-electron chi connectivity index (χ2n) is 13.3. The molecule has 1 aliphatic heterocycles. The lowest BCUT2D eigenvalue weighted by molar-refractivity contribution is -0.387. The van der Waals surface area contributed by atoms with Crippen LogP contribution >= 0.6 is 11.8 Å². The summed E-state index contributed by atoms with van der Waals surface area (Å²) in [6, 6.07) is 8.49. The first-order chi connectivity index (χ1) is 24.1. The highest BCUT2D eigenvalue weighted by Gasteiger charge is 2.41. The number of H-pyrrole nitrogens is 1. The first-order valence-corrected chi connectivity index (χ1v) is 18.7. The first-order valence-electron chi connectivity index (χ1n) is 16.4. The van der Waals surface area contributed by atoms with Gasteiger partial charge in [-0.2, -0.15) is 9.49 Å². The van der Waals surface area contributed by atoms with Crippen LogP contribution < -0.4 is 15.0 Å². The van der Waals surface area contributed by atoms with Crippen molar-refractivity contribution < 1.29 is 26.9 Å². The summed E-state index contributed by atoms with van der Waals surface area (Å²) in [6.45, 7) is 6.83. The zero-order valence-corrected chi connectivity index (χ0v) is 31.0. The number of aromatic nitrogens is 4. The number of rotatable bonds is 14. The molecule has 17 heteroatoms. The Labute approximate surface area is 300 Å². The minimum Gasteiger partial charge on any atom is -0.490 e. The minimum atomic E-state index is -4.44. The molecule has 0 saturated carbocycles. The molecule has 0 bridgehead atoms. The van der Waals surface area contributed by atoms with Gasteiger partial charge < -0.3 is 19.9 Å². The van der Waals surface area contributed by atoms with E-state index in [1.165, 1.54) is 45.2 Å². The Bertz CT molecular complexity index is 2000. The van der Waals surface area contributed by atoms with Crippen LogP contribution in [0.4, 0.5) is 31.9 Å². The number of nitrogens with zero attached hydrogens (tertiary/aromatic N) is 6. The SMILES string of the molecule is COc1c(Nc2cc(C)[nH]n2)nc(Sc2ccc(S(=O)(=O)C(C)(C)c3cccc([N+](=O)[O-])c3F)cc2F)nc1N1CCC(CCCN(C)C)CC1. The first kappa shape index (κ1) is 37.9. The third-order valence-electron chi connectivity index (χ3n) is 9.03. The van der Waals surface area contributed by atoms with Crippen molar-refractivity contribution in [2.45, 2.75) is 66.1 Å². The fourth-order valence-electron chi connectivity index (χ4n) is 6.08. The highest BCUT2D eigenvalue weighted by atomic mass is 32.2. The van der Waals surface area contributed by atoms with E-state index in [9.17, 15) is 18.5 Å². The fourth-order valence-corrected chi connectivity index (χ4v) is 8.38. The van der Waals surface area contributed by atoms with Crippen LogP contribution in [0.1, 0.15) is 50.8 Å². The van der Waals surface area contributed by atoms with E-state index in [2.05, 4.69) is 44.4 Å². The van der Waals surface area contributed by atoms with Crippen LogP contribution in [0.15, 0.2) is 57.4 Å². The minimum absolute atomic E-state index is 0.0468. The van der Waals surface area contributed by atoms with Crippen LogP contribution in [0.2, 0.25) is 0 Å². The summed E-state index contributed by atoms with van der Waals surface area (Å²) < 4.78 is 62.3. The zero-order valence-electron chi connectivity index (χ0n) is 29.4. The molecule has 4 aromatic rings. The predicted molar refractivity (Wildman–Crippen MR) is 192 cm³/mol. The largest absolute Gasteiger partial charge is 0.490 e. The molecule has 51 heavy (non-hydrogen) atoms. The van der Waals surface area contributed by atoms with Crippen LogP contribution in [0.25, 0.3) is 0 Å². The van der Waals surface area contributed by atoms with Gasteiger partial charge in [-0.05, 0) is 103 Å². The van der Waals surface area contributed by atoms with Crippen molar-refractivity contribution in [3.63, 3.8) is 0 Å². The number of sulfone groups is 1. The lowest BCUT2D eigenvalue weighted by atomic mass is 9.92. The van der Waals surface area contributed by atoms with Gasteiger partial charge >= 0.3 is 5.69 Å². The van der Waals surface area contributed by atoms with E-state index in [1.807, 2.05) is 6.92 Å². The average Bonchev–Trinajstić information content (AvgIpc) is 3.49. The summed E-state index contributed by atoms with van der Waals surface area (Å²) in [5, 5.41) is 21.8. The Morgan fingerprint density at radius 1 is 1.16 bits per heavy atom. The monoisotopic (exact) mass is 744 g/mol. The van der Waals surface area contributed by atoms with Crippen LogP contribution in [-0.4, -0.2) is 79.2 Å². The molecule has 5 rings (SSSR count). The number of benzene rings is 2. The number of nitrogens with one attached hydrogen (secondary N) is 2. The molecule has 0 unspecified atom stereocenters. The van der Waals surface area contributed by atoms with E-state index >= 15 is 8.78 Å². The van der Waals surface area contributed by atoms with E-state index in [0.29, 0.717) is 29.1 Å². The maximum Gasteiger partial charge on any atom is 0.305 e. The highest BCUT2D eigenvalue weighted by molar-refractivity contribution is 7.99. The summed E-state index contributed by atoms with van der Waals surface area (Å²) in [5.41, 5.74) is -0.433. The lowest BCUT2D eigenvalue weighted by Crippen LogP contribution is -2.35. The molecule has 1 saturated heterocycles. The zero-order chi connectivity index (χ0) is 37.1. The molecule has 0 radical (unpaired) electrons. The molecule has 0 aliphatic carbocycles. The van der Waals surface area contributed by atoms with Crippen LogP contribution in [0.3, 0.4) is 0 Å². The number of piperidine rings is 1. The molecular formula is C34H42F2N8O5S2. The molecule has 0 atom stereocenters. The van der Waals surface area contributed by atoms with Crippen molar-refractivity contribution in [2.24, 2.45) is 5.92 Å². The van der Waals surface area contributed by atoms with Crippen molar-refractivity contribution in [1.29, 1.82) is 0 Å². The van der Waals surface area contributed by atoms with Crippen molar-refractivity contribution in [3.8, 4) is 5.75 Å². The second kappa shape index (κ2) is 15.5. The topological polar surface area (TPSA) is 159 Å². The van der Waals surface area contributed by atoms with Crippen molar-refractivity contribution in [3.05, 3.63) is 75.5 Å². The second-order valence-corrected chi connectivity index (χ2v) is 16.8. The summed E-state index contributed by atoms with van der Waals surface area (Å²) in [7, 11) is 1.24. The molecular weight excluding hydrogens is 703 g/mol. The van der Waals surface area contributed by atoms with E-state index in [-0.39, 0.29) is 10.1 Å². The molecule has 2 aromatic heterocycles. The molecule has 0 amide bonds. The Hall–Kier alpha value is -4.35. The molecule has 0 spiro atoms. The number of methoxy groups -OCH3 is 1. The fraction of sp³-hybridized carbons (Fsp3) is 0.441. The van der Waals surface area contributed by atoms with Gasteiger partial charge in [-0.3, -0.25) is 15.2 Å². The number of nitro benzene ring substituents is 1. The highest BCUT2D eigenvalue weighted by Crippen LogP contribution is 2.42. The molecule has 1 fully saturated rings. The summed E-state index contributed by atoms with van der Waals surface area (Å²) >= 11 is 0.905. The van der Waals surface area contributed by atoms with Gasteiger partial charge in [0.25, 0.3) is 0 Å². The Kier molecular flexibility index (Phi) is 11.5. The smallest absolute Gasteiger partial charge is 0.305 e. The van der Waals surface area contributed by atoms with E-state index in [4.69, 9.17) is 9.72 Å². The van der Waals surface area contributed by atoms with E-state index in [1.54, 1.807) is 6.07 Å². The van der Waals surface area contributed by atoms with Crippen molar-refractivity contribution in [2.75, 3.05) is 51.1 Å². The number of aromatic amines is 1. The van der Waals surface area contributed by atoms with Gasteiger partial charge in [-0.15, -0.1) is 0 Å². The molecule has 3 heterocycles. The molecule has 2 N–H and O–H groups in total. The Balaban J connectivity index is 1.45. The van der Waals surface area contributed by atoms with Crippen LogP contribution in [0, 0.1) is 34.6 Å². The summed E-state index contributed by atoms with van der Waals surface area (Å²) in [6.07, 6.45) is 4.22. The number of ether oxygens (including phenoxy) is 1. The third kappa shape index (κ3) is 8.25. The Morgan fingerprint density at radius 3 is 2.49 bits per heavy atom. The number of nitro groups is 1. The maximum absolute atomic E-state index is 15.8. The van der Waals surface area contributed by atoms with Crippen LogP contribution in [0.5, 0.6) is 5.75 Å². The summed E-state index contributed by atoms with van der Waals surface area (Å²) in [5.74, 6) is 0.224. The predicted octanol–water partition coefficient (Wildman–Crippen LogP) is 6.87. The molecule has 2 aromatic carbocycles. The van der Waals surface area contributed by atoms with Crippen LogP contribution in [-0.2, 0) is 14.6 Å². The summed E-state index contributed by atoms with van der Waals surface area (Å²) in [4.78, 5) is 23.8. The number of hydrogen-bond donors (Lipinski definition) is 2. The van der Waals surface area contributed by atoms with Gasteiger partial charge in [0.05, 0.1) is 26.6 Å². The van der Waals surface area contributed by atoms with Gasteiger partial charge in [0, 0.05) is 36.5 Å². The van der Waals surface area contributed by atoms with Gasteiger partial charge in [0.15, 0.2) is 32.4 Å². The number of hydrogen-bond acceptors (Lipinski definition) is 12. The average molecular weight is 745 g/mol. The van der Waals surface area contributed by atoms with E-state index < -0.39 is 47.3 Å². The standard InChI is InChI=1S/C34H42F2N8O5S2/c1-21-19-28(41-40-21)37-31-30(49-6)32(43-17-14-22(15-18-43)9-8-16-42(4)5)39-33(38-31)50-27-13-12-23(20-25(27)35)51(47,48)34(2,3)24-10-7-11-26(29(24)36)44(45)46/h7,10-13,19-20,22H,8-9,14-18H2,1-6H3,(H2,37,38,39,40,41). The quantitative estimate of drug-likeness (QED) is 0.0786. The number of aryl methyl sites for hydroxylation is 1. The normalized spacial score (nSPS) is 14.3. The van der Waals surface area contributed by atoms with Gasteiger partial charge in [-0.1, -0.05) is 12.1 Å². The van der Waals surface area contributed by atoms with Crippen molar-refractivity contribution in [1.82, 2.24) is 25.1 Å². The van der Waals surface area contributed by atoms with E-state index in [0.717, 1.165) is 74.9 Å². The molecule has 274 valence electrons. The van der Waals surface area contributed by atoms with Gasteiger partial charge in [0.2, 0.25) is 11.6 Å². The van der Waals surface area contributed by atoms with Gasteiger partial charge in [-0.25, -0.2) is 22.8 Å². The number of halogens is 2. The Morgan fingerprint density at radius 2 is 1.88 bits per heavy atom. The molecule has 13 nitrogen and oxygen atoms in total. The van der Waals surface area contributed by atoms with Crippen molar-refractivity contribution >= 4 is 44.7 Å². The lowest BCUT2D eigenvalue weighted by Gasteiger charge is -2.34. The maximum atomic E-state index is 15.8. The third-order valence-corrected chi connectivity index (χ3v) is 12.4. The molecule has 1 aliphatic rings. The number of anilines is 3. The van der Waals surface area contributed by atoms with Gasteiger partial charge in [0.1, 0.15) is 5.82 Å².